The SMILES string of the molecule is CCc1ccc(C(=O)Nc2ccc(Cc3nc4cc(Cl)cc(Cl)c4o3)cc2)cc1. The number of hydrogen-bond donors (Lipinski definition) is 1. The van der Waals surface area contributed by atoms with Gasteiger partial charge in [0.1, 0.15) is 5.52 Å². The molecule has 1 heterocycles. The molecule has 4 rings (SSSR count). The van der Waals surface area contributed by atoms with Crippen molar-refractivity contribution in [2.75, 3.05) is 5.32 Å². The van der Waals surface area contributed by atoms with E-state index in [1.54, 1.807) is 12.1 Å². The summed E-state index contributed by atoms with van der Waals surface area (Å²) in [5.41, 5.74) is 4.73. The highest BCUT2D eigenvalue weighted by Gasteiger charge is 2.11. The molecule has 0 fully saturated rings. The van der Waals surface area contributed by atoms with Gasteiger partial charge in [-0.1, -0.05) is 54.4 Å². The maximum atomic E-state index is 12.4. The predicted octanol–water partition coefficient (Wildman–Crippen LogP) is 6.54. The van der Waals surface area contributed by atoms with Gasteiger partial charge in [-0.15, -0.1) is 0 Å². The normalized spacial score (nSPS) is 11.0. The lowest BCUT2D eigenvalue weighted by Gasteiger charge is -2.07. The average Bonchev–Trinajstić information content (AvgIpc) is 3.12. The summed E-state index contributed by atoms with van der Waals surface area (Å²) >= 11 is 12.2. The van der Waals surface area contributed by atoms with Crippen LogP contribution in [0.5, 0.6) is 0 Å². The van der Waals surface area contributed by atoms with Crippen LogP contribution in [0.4, 0.5) is 5.69 Å². The number of rotatable bonds is 5. The van der Waals surface area contributed by atoms with Crippen LogP contribution in [0.15, 0.2) is 65.1 Å². The van der Waals surface area contributed by atoms with Crippen molar-refractivity contribution in [3.05, 3.63) is 93.3 Å². The van der Waals surface area contributed by atoms with Crippen LogP contribution in [0.25, 0.3) is 11.1 Å². The fraction of sp³-hybridized carbons (Fsp3) is 0.130. The number of benzene rings is 3. The number of fused-ring (bicyclic) bond motifs is 1. The van der Waals surface area contributed by atoms with Crippen LogP contribution >= 0.6 is 23.2 Å². The van der Waals surface area contributed by atoms with Gasteiger partial charge in [-0.05, 0) is 53.9 Å². The van der Waals surface area contributed by atoms with Crippen molar-refractivity contribution in [1.82, 2.24) is 4.98 Å². The quantitative estimate of drug-likeness (QED) is 0.395. The summed E-state index contributed by atoms with van der Waals surface area (Å²) < 4.78 is 5.76. The predicted molar refractivity (Wildman–Crippen MR) is 117 cm³/mol. The molecule has 0 saturated carbocycles. The Kier molecular flexibility index (Phi) is 5.56. The first kappa shape index (κ1) is 19.5. The minimum absolute atomic E-state index is 0.133. The summed E-state index contributed by atoms with van der Waals surface area (Å²) in [4.78, 5) is 16.8. The van der Waals surface area contributed by atoms with Gasteiger partial charge in [0, 0.05) is 22.7 Å². The molecule has 3 aromatic carbocycles. The van der Waals surface area contributed by atoms with Crippen molar-refractivity contribution < 1.29 is 9.21 Å². The second-order valence-electron chi connectivity index (χ2n) is 6.72. The molecule has 4 aromatic rings. The summed E-state index contributed by atoms with van der Waals surface area (Å²) in [6, 6.07) is 18.6. The maximum absolute atomic E-state index is 12.4. The molecule has 1 amide bonds. The Morgan fingerprint density at radius 1 is 1.00 bits per heavy atom. The Hall–Kier alpha value is -2.82. The van der Waals surface area contributed by atoms with Gasteiger partial charge in [-0.2, -0.15) is 0 Å². The number of anilines is 1. The summed E-state index contributed by atoms with van der Waals surface area (Å²) in [7, 11) is 0. The summed E-state index contributed by atoms with van der Waals surface area (Å²) in [6.45, 7) is 2.08. The van der Waals surface area contributed by atoms with E-state index in [0.29, 0.717) is 39.0 Å². The lowest BCUT2D eigenvalue weighted by Crippen LogP contribution is -2.11. The zero-order valence-corrected chi connectivity index (χ0v) is 17.2. The van der Waals surface area contributed by atoms with Crippen LogP contribution in [-0.2, 0) is 12.8 Å². The van der Waals surface area contributed by atoms with E-state index in [2.05, 4.69) is 17.2 Å². The molecular formula is C23H18Cl2N2O2. The second-order valence-corrected chi connectivity index (χ2v) is 7.57. The van der Waals surface area contributed by atoms with Gasteiger partial charge in [-0.3, -0.25) is 4.79 Å². The third-order valence-electron chi connectivity index (χ3n) is 4.65. The van der Waals surface area contributed by atoms with E-state index < -0.39 is 0 Å². The summed E-state index contributed by atoms with van der Waals surface area (Å²) in [5, 5.41) is 3.87. The van der Waals surface area contributed by atoms with Crippen molar-refractivity contribution in [2.24, 2.45) is 0 Å². The van der Waals surface area contributed by atoms with Crippen molar-refractivity contribution in [1.29, 1.82) is 0 Å². The largest absolute Gasteiger partial charge is 0.439 e. The Balaban J connectivity index is 1.45. The van der Waals surface area contributed by atoms with Crippen LogP contribution in [0.3, 0.4) is 0 Å². The number of nitrogens with zero attached hydrogens (tertiary/aromatic N) is 1. The second kappa shape index (κ2) is 8.27. The minimum atomic E-state index is -0.133. The molecule has 0 bridgehead atoms. The van der Waals surface area contributed by atoms with E-state index >= 15 is 0 Å². The molecule has 29 heavy (non-hydrogen) atoms. The number of aromatic nitrogens is 1. The van der Waals surface area contributed by atoms with Crippen molar-refractivity contribution in [2.45, 2.75) is 19.8 Å². The summed E-state index contributed by atoms with van der Waals surface area (Å²) in [5.74, 6) is 0.419. The van der Waals surface area contributed by atoms with Gasteiger partial charge in [0.15, 0.2) is 11.5 Å². The zero-order chi connectivity index (χ0) is 20.4. The molecule has 4 nitrogen and oxygen atoms in total. The first-order chi connectivity index (χ1) is 14.0. The molecule has 0 spiro atoms. The van der Waals surface area contributed by atoms with E-state index in [1.807, 2.05) is 48.5 Å². The standard InChI is InChI=1S/C23H18Cl2N2O2/c1-2-14-3-7-16(8-4-14)23(28)26-18-9-5-15(6-10-18)11-21-27-20-13-17(24)12-19(25)22(20)29-21/h3-10,12-13H,2,11H2,1H3,(H,26,28). The van der Waals surface area contributed by atoms with Crippen molar-refractivity contribution >= 4 is 45.9 Å². The molecular weight excluding hydrogens is 407 g/mol. The number of carbonyl (C=O) groups excluding carboxylic acids is 1. The zero-order valence-electron chi connectivity index (χ0n) is 15.7. The number of halogens is 2. The van der Waals surface area contributed by atoms with Gasteiger partial charge in [0.2, 0.25) is 0 Å². The molecule has 6 heteroatoms. The van der Waals surface area contributed by atoms with E-state index in [-0.39, 0.29) is 5.91 Å². The van der Waals surface area contributed by atoms with Gasteiger partial charge >= 0.3 is 0 Å². The lowest BCUT2D eigenvalue weighted by molar-refractivity contribution is 0.102. The molecule has 0 saturated heterocycles. The Morgan fingerprint density at radius 3 is 2.38 bits per heavy atom. The van der Waals surface area contributed by atoms with Gasteiger partial charge in [-0.25, -0.2) is 4.98 Å². The first-order valence-electron chi connectivity index (χ1n) is 9.25. The monoisotopic (exact) mass is 424 g/mol. The highest BCUT2D eigenvalue weighted by atomic mass is 35.5. The highest BCUT2D eigenvalue weighted by Crippen LogP contribution is 2.29. The van der Waals surface area contributed by atoms with Crippen LogP contribution in [0.2, 0.25) is 10.0 Å². The first-order valence-corrected chi connectivity index (χ1v) is 10.0. The fourth-order valence-electron chi connectivity index (χ4n) is 3.06. The molecule has 1 aromatic heterocycles. The Labute approximate surface area is 178 Å². The number of nitrogens with one attached hydrogen (secondary N) is 1. The minimum Gasteiger partial charge on any atom is -0.439 e. The van der Waals surface area contributed by atoms with E-state index in [9.17, 15) is 4.79 Å². The molecule has 0 aliphatic rings. The molecule has 0 aliphatic carbocycles. The Bertz CT molecular complexity index is 1170. The van der Waals surface area contributed by atoms with Crippen molar-refractivity contribution in [3.8, 4) is 0 Å². The summed E-state index contributed by atoms with van der Waals surface area (Å²) in [6.07, 6.45) is 1.46. The van der Waals surface area contributed by atoms with Crippen molar-refractivity contribution in [3.63, 3.8) is 0 Å². The number of aryl methyl sites for hydroxylation is 1. The van der Waals surface area contributed by atoms with Gasteiger partial charge in [0.05, 0.1) is 5.02 Å². The Morgan fingerprint density at radius 2 is 1.69 bits per heavy atom. The van der Waals surface area contributed by atoms with Crippen LogP contribution in [0.1, 0.15) is 34.3 Å². The smallest absolute Gasteiger partial charge is 0.255 e. The number of hydrogen-bond acceptors (Lipinski definition) is 3. The average molecular weight is 425 g/mol. The topological polar surface area (TPSA) is 55.1 Å². The maximum Gasteiger partial charge on any atom is 0.255 e. The van der Waals surface area contributed by atoms with Gasteiger partial charge in [0.25, 0.3) is 5.91 Å². The molecule has 0 atom stereocenters. The molecule has 0 unspecified atom stereocenters. The van der Waals surface area contributed by atoms with E-state index in [4.69, 9.17) is 27.6 Å². The lowest BCUT2D eigenvalue weighted by atomic mass is 10.1. The molecule has 146 valence electrons. The van der Waals surface area contributed by atoms with Gasteiger partial charge < -0.3 is 9.73 Å². The molecule has 1 N–H and O–H groups in total. The third kappa shape index (κ3) is 4.44. The number of amides is 1. The van der Waals surface area contributed by atoms with Crippen LogP contribution in [0, 0.1) is 0 Å². The van der Waals surface area contributed by atoms with E-state index in [0.717, 1.165) is 17.7 Å². The van der Waals surface area contributed by atoms with Crippen LogP contribution < -0.4 is 5.32 Å². The fourth-order valence-corrected chi connectivity index (χ4v) is 3.58. The van der Waals surface area contributed by atoms with E-state index in [1.165, 1.54) is 5.56 Å². The number of carbonyl (C=O) groups is 1. The third-order valence-corrected chi connectivity index (χ3v) is 5.14. The number of oxazole rings is 1. The molecule has 0 aliphatic heterocycles. The van der Waals surface area contributed by atoms with Crippen LogP contribution in [-0.4, -0.2) is 10.9 Å². The highest BCUT2D eigenvalue weighted by molar-refractivity contribution is 6.37. The molecule has 0 radical (unpaired) electrons.